The van der Waals surface area contributed by atoms with Crippen LogP contribution in [-0.2, 0) is 0 Å². The van der Waals surface area contributed by atoms with Crippen LogP contribution in [0.4, 0.5) is 11.5 Å². The molecule has 0 unspecified atom stereocenters. The van der Waals surface area contributed by atoms with Crippen LogP contribution in [0.2, 0.25) is 5.02 Å². The third-order valence-corrected chi connectivity index (χ3v) is 5.28. The van der Waals surface area contributed by atoms with Gasteiger partial charge in [0, 0.05) is 56.8 Å². The smallest absolute Gasteiger partial charge is 0.270 e. The first-order valence-corrected chi connectivity index (χ1v) is 9.77. The zero-order chi connectivity index (χ0) is 21.3. The maximum absolute atomic E-state index is 12.8. The van der Waals surface area contributed by atoms with E-state index in [1.165, 1.54) is 18.2 Å². The molecule has 9 nitrogen and oxygen atoms in total. The number of nitrogens with zero attached hydrogens (tertiary/aromatic N) is 6. The molecule has 0 spiro atoms. The number of non-ortho nitro benzene ring substituents is 1. The largest absolute Gasteiger partial charge is 0.353 e. The average Bonchev–Trinajstić information content (AvgIpc) is 3.28. The number of amides is 1. The van der Waals surface area contributed by atoms with E-state index in [2.05, 4.69) is 14.9 Å². The molecule has 1 aromatic carbocycles. The number of rotatable bonds is 4. The first kappa shape index (κ1) is 19.8. The number of aromatic nitrogens is 3. The number of halogens is 1. The summed E-state index contributed by atoms with van der Waals surface area (Å²) in [7, 11) is 0. The number of nitro groups is 1. The van der Waals surface area contributed by atoms with Gasteiger partial charge in [0.05, 0.1) is 15.5 Å². The molecule has 0 bridgehead atoms. The van der Waals surface area contributed by atoms with Gasteiger partial charge < -0.3 is 14.4 Å². The van der Waals surface area contributed by atoms with E-state index in [4.69, 9.17) is 11.6 Å². The van der Waals surface area contributed by atoms with E-state index in [-0.39, 0.29) is 22.2 Å². The van der Waals surface area contributed by atoms with Crippen LogP contribution in [0, 0.1) is 17.0 Å². The third-order valence-electron chi connectivity index (χ3n) is 4.96. The quantitative estimate of drug-likeness (QED) is 0.469. The Bertz CT molecular complexity index is 1090. The van der Waals surface area contributed by atoms with Crippen molar-refractivity contribution >= 4 is 29.0 Å². The highest BCUT2D eigenvalue weighted by Gasteiger charge is 2.25. The Morgan fingerprint density at radius 2 is 1.73 bits per heavy atom. The molecule has 0 saturated carbocycles. The van der Waals surface area contributed by atoms with Gasteiger partial charge in [-0.3, -0.25) is 14.9 Å². The summed E-state index contributed by atoms with van der Waals surface area (Å²) >= 11 is 6.11. The molecule has 3 aromatic rings. The van der Waals surface area contributed by atoms with E-state index in [1.807, 2.05) is 42.1 Å². The molecule has 2 aromatic heterocycles. The van der Waals surface area contributed by atoms with Crippen LogP contribution >= 0.6 is 11.6 Å². The molecule has 10 heteroatoms. The first-order valence-electron chi connectivity index (χ1n) is 9.39. The highest BCUT2D eigenvalue weighted by atomic mass is 35.5. The van der Waals surface area contributed by atoms with Crippen LogP contribution in [0.1, 0.15) is 16.2 Å². The molecule has 1 aliphatic heterocycles. The first-order chi connectivity index (χ1) is 14.4. The van der Waals surface area contributed by atoms with E-state index in [9.17, 15) is 14.9 Å². The molecule has 0 radical (unpaired) electrons. The number of carbonyl (C=O) groups excluding carboxylic acids is 1. The zero-order valence-corrected chi connectivity index (χ0v) is 17.0. The fraction of sp³-hybridized carbons (Fsp3) is 0.250. The summed E-state index contributed by atoms with van der Waals surface area (Å²) in [6, 6.07) is 9.71. The van der Waals surface area contributed by atoms with Gasteiger partial charge in [-0.1, -0.05) is 11.6 Å². The molecule has 30 heavy (non-hydrogen) atoms. The molecule has 0 atom stereocenters. The molecule has 1 fully saturated rings. The van der Waals surface area contributed by atoms with Crippen molar-refractivity contribution in [2.24, 2.45) is 0 Å². The van der Waals surface area contributed by atoms with Gasteiger partial charge in [0.25, 0.3) is 11.6 Å². The SMILES string of the molecule is Cc1nc(N2CCN(C(=O)c3ccc([N+](=O)[O-])cc3Cl)CC2)cc(-n2cccc2)n1. The van der Waals surface area contributed by atoms with E-state index < -0.39 is 4.92 Å². The Balaban J connectivity index is 1.47. The minimum atomic E-state index is -0.537. The minimum absolute atomic E-state index is 0.0828. The standard InChI is InChI=1S/C20H19ClN6O3/c1-14-22-18(24-6-2-3-7-24)13-19(23-14)25-8-10-26(11-9-25)20(28)16-5-4-15(27(29)30)12-17(16)21/h2-7,12-13H,8-11H2,1H3. The number of nitro benzene ring substituents is 1. The zero-order valence-electron chi connectivity index (χ0n) is 16.2. The highest BCUT2D eigenvalue weighted by molar-refractivity contribution is 6.34. The molecular weight excluding hydrogens is 408 g/mol. The second kappa shape index (κ2) is 8.11. The van der Waals surface area contributed by atoms with Crippen molar-refractivity contribution in [2.45, 2.75) is 6.92 Å². The summed E-state index contributed by atoms with van der Waals surface area (Å²) in [5.41, 5.74) is 0.127. The molecule has 4 rings (SSSR count). The number of carbonyl (C=O) groups is 1. The van der Waals surface area contributed by atoms with Crippen LogP contribution in [0.25, 0.3) is 5.82 Å². The van der Waals surface area contributed by atoms with E-state index in [0.717, 1.165) is 11.6 Å². The minimum Gasteiger partial charge on any atom is -0.353 e. The lowest BCUT2D eigenvalue weighted by atomic mass is 10.1. The molecule has 1 aliphatic rings. The maximum atomic E-state index is 12.8. The molecule has 1 amide bonds. The lowest BCUT2D eigenvalue weighted by Crippen LogP contribution is -2.49. The Kier molecular flexibility index (Phi) is 5.37. The van der Waals surface area contributed by atoms with Crippen molar-refractivity contribution in [1.82, 2.24) is 19.4 Å². The van der Waals surface area contributed by atoms with E-state index in [1.54, 1.807) is 4.90 Å². The third kappa shape index (κ3) is 3.97. The number of anilines is 1. The Labute approximate surface area is 177 Å². The summed E-state index contributed by atoms with van der Waals surface area (Å²) < 4.78 is 1.93. The van der Waals surface area contributed by atoms with Gasteiger partial charge in [-0.05, 0) is 25.1 Å². The van der Waals surface area contributed by atoms with Gasteiger partial charge in [-0.25, -0.2) is 9.97 Å². The maximum Gasteiger partial charge on any atom is 0.270 e. The molecule has 1 saturated heterocycles. The fourth-order valence-electron chi connectivity index (χ4n) is 3.42. The summed E-state index contributed by atoms with van der Waals surface area (Å²) in [4.78, 5) is 36.0. The second-order valence-electron chi connectivity index (χ2n) is 6.92. The molecular formula is C20H19ClN6O3. The number of hydrogen-bond donors (Lipinski definition) is 0. The van der Waals surface area contributed by atoms with Crippen molar-refractivity contribution in [1.29, 1.82) is 0 Å². The summed E-state index contributed by atoms with van der Waals surface area (Å²) in [6.45, 7) is 4.06. The normalized spacial score (nSPS) is 14.1. The van der Waals surface area contributed by atoms with Gasteiger partial charge in [0.15, 0.2) is 0 Å². The Morgan fingerprint density at radius 1 is 1.07 bits per heavy atom. The summed E-state index contributed by atoms with van der Waals surface area (Å²) in [5.74, 6) is 2.04. The van der Waals surface area contributed by atoms with Gasteiger partial charge in [0.2, 0.25) is 0 Å². The molecule has 3 heterocycles. The van der Waals surface area contributed by atoms with Crippen LogP contribution in [0.5, 0.6) is 0 Å². The van der Waals surface area contributed by atoms with Gasteiger partial charge >= 0.3 is 0 Å². The fourth-order valence-corrected chi connectivity index (χ4v) is 3.67. The second-order valence-corrected chi connectivity index (χ2v) is 7.33. The van der Waals surface area contributed by atoms with Crippen molar-refractivity contribution < 1.29 is 9.72 Å². The average molecular weight is 427 g/mol. The number of piperazine rings is 1. The Morgan fingerprint density at radius 3 is 2.37 bits per heavy atom. The Hall–Kier alpha value is -3.46. The number of hydrogen-bond acceptors (Lipinski definition) is 6. The van der Waals surface area contributed by atoms with Crippen molar-refractivity contribution in [3.63, 3.8) is 0 Å². The molecule has 154 valence electrons. The molecule has 0 N–H and O–H groups in total. The van der Waals surface area contributed by atoms with Crippen molar-refractivity contribution in [3.8, 4) is 5.82 Å². The summed E-state index contributed by atoms with van der Waals surface area (Å²) in [6.07, 6.45) is 3.85. The number of aryl methyl sites for hydroxylation is 1. The van der Waals surface area contributed by atoms with Crippen LogP contribution in [-0.4, -0.2) is 56.4 Å². The topological polar surface area (TPSA) is 97.4 Å². The van der Waals surface area contributed by atoms with Gasteiger partial charge in [-0.15, -0.1) is 0 Å². The molecule has 0 aliphatic carbocycles. The van der Waals surface area contributed by atoms with Crippen LogP contribution in [0.15, 0.2) is 48.8 Å². The highest BCUT2D eigenvalue weighted by Crippen LogP contribution is 2.25. The lowest BCUT2D eigenvalue weighted by Gasteiger charge is -2.35. The van der Waals surface area contributed by atoms with E-state index in [0.29, 0.717) is 32.0 Å². The van der Waals surface area contributed by atoms with Crippen LogP contribution in [0.3, 0.4) is 0 Å². The summed E-state index contributed by atoms with van der Waals surface area (Å²) in [5, 5.41) is 10.9. The van der Waals surface area contributed by atoms with Crippen molar-refractivity contribution in [3.05, 3.63) is 75.3 Å². The van der Waals surface area contributed by atoms with Crippen LogP contribution < -0.4 is 4.90 Å². The van der Waals surface area contributed by atoms with Crippen molar-refractivity contribution in [2.75, 3.05) is 31.1 Å². The predicted octanol–water partition coefficient (Wildman–Crippen LogP) is 3.10. The van der Waals surface area contributed by atoms with Gasteiger partial charge in [0.1, 0.15) is 17.5 Å². The number of benzene rings is 1. The van der Waals surface area contributed by atoms with Gasteiger partial charge in [-0.2, -0.15) is 0 Å². The monoisotopic (exact) mass is 426 g/mol. The lowest BCUT2D eigenvalue weighted by molar-refractivity contribution is -0.384. The predicted molar refractivity (Wildman–Crippen MR) is 112 cm³/mol. The van der Waals surface area contributed by atoms with E-state index >= 15 is 0 Å².